The standard InChI is InChI=1S/C41H44BNOP.C2H6/c1-39(2)37-17-13-12-16-35(37)36-27-26-34(28-38(36)39)43(32-22-18-30(19-23-32)29-14-10-8-7-9-11-15-29)33-24-20-31(21-25-33)42-44-40(3,4)41(5,6)45;1-2/h8-14,16-28H,7,15,45H2,1-6H3;1-2H3/b10-8-,11-9-,29-14+;. The number of nitrogens with zero attached hydrogens (tertiary/aromatic N) is 1. The maximum absolute atomic E-state index is 6.27. The van der Waals surface area contributed by atoms with Crippen molar-refractivity contribution in [2.45, 2.75) is 84.4 Å². The van der Waals surface area contributed by atoms with E-state index in [1.54, 1.807) is 0 Å². The SMILES string of the molecule is CC.CC1(C)c2ccccc2-c2ccc(N(c3ccc([B]OC(C)(C)C(C)(C)P)cc3)c3ccc(/C4=C/C=C\C/C=C\C4)cc3)cc21. The largest absolute Gasteiger partial charge is 0.429 e. The predicted octanol–water partition coefficient (Wildman–Crippen LogP) is 11.5. The number of benzene rings is 4. The average Bonchev–Trinajstić information content (AvgIpc) is 3.27. The minimum absolute atomic E-state index is 0.0635. The fraction of sp³-hybridized carbons (Fsp3) is 0.302. The van der Waals surface area contributed by atoms with Crippen molar-refractivity contribution >= 4 is 44.8 Å². The van der Waals surface area contributed by atoms with E-state index in [2.05, 4.69) is 177 Å². The summed E-state index contributed by atoms with van der Waals surface area (Å²) in [7, 11) is 4.79. The maximum atomic E-state index is 6.27. The molecule has 0 aromatic heterocycles. The van der Waals surface area contributed by atoms with Gasteiger partial charge in [-0.2, -0.15) is 0 Å². The molecule has 2 aliphatic carbocycles. The summed E-state index contributed by atoms with van der Waals surface area (Å²) in [6.45, 7) is 17.3. The molecule has 241 valence electrons. The van der Waals surface area contributed by atoms with Gasteiger partial charge in [0.1, 0.15) is 0 Å². The van der Waals surface area contributed by atoms with Crippen LogP contribution < -0.4 is 10.4 Å². The Kier molecular flexibility index (Phi) is 10.5. The van der Waals surface area contributed by atoms with Gasteiger partial charge in [0, 0.05) is 27.6 Å². The minimum Gasteiger partial charge on any atom is -0.429 e. The van der Waals surface area contributed by atoms with Crippen LogP contribution >= 0.6 is 9.24 Å². The van der Waals surface area contributed by atoms with Crippen LogP contribution in [0.4, 0.5) is 17.1 Å². The van der Waals surface area contributed by atoms with Crippen LogP contribution in [-0.2, 0) is 10.1 Å². The zero-order valence-corrected chi connectivity index (χ0v) is 30.6. The quantitative estimate of drug-likeness (QED) is 0.108. The van der Waals surface area contributed by atoms with Gasteiger partial charge >= 0.3 is 7.48 Å². The first-order valence-electron chi connectivity index (χ1n) is 17.0. The van der Waals surface area contributed by atoms with Crippen LogP contribution in [-0.4, -0.2) is 18.2 Å². The highest BCUT2D eigenvalue weighted by Crippen LogP contribution is 2.50. The second kappa shape index (κ2) is 14.2. The van der Waals surface area contributed by atoms with Crippen molar-refractivity contribution < 1.29 is 4.65 Å². The molecule has 1 unspecified atom stereocenters. The van der Waals surface area contributed by atoms with Crippen LogP contribution in [0.15, 0.2) is 121 Å². The predicted molar refractivity (Wildman–Crippen MR) is 210 cm³/mol. The Morgan fingerprint density at radius 2 is 1.34 bits per heavy atom. The van der Waals surface area contributed by atoms with E-state index in [9.17, 15) is 0 Å². The second-order valence-corrected chi connectivity index (χ2v) is 15.3. The zero-order valence-electron chi connectivity index (χ0n) is 29.5. The van der Waals surface area contributed by atoms with Crippen LogP contribution in [0.2, 0.25) is 0 Å². The molecule has 2 aliphatic rings. The molecule has 0 amide bonds. The summed E-state index contributed by atoms with van der Waals surface area (Å²) in [6.07, 6.45) is 13.1. The molecule has 4 aromatic carbocycles. The Morgan fingerprint density at radius 3 is 2.02 bits per heavy atom. The first-order chi connectivity index (χ1) is 22.5. The van der Waals surface area contributed by atoms with Crippen LogP contribution in [0.5, 0.6) is 0 Å². The third kappa shape index (κ3) is 7.28. The first-order valence-corrected chi connectivity index (χ1v) is 17.6. The number of allylic oxidation sites excluding steroid dienone is 6. The second-order valence-electron chi connectivity index (χ2n) is 13.9. The molecular weight excluding hydrogens is 588 g/mol. The molecule has 2 nitrogen and oxygen atoms in total. The molecule has 1 atom stereocenters. The molecule has 1 radical (unpaired) electrons. The van der Waals surface area contributed by atoms with Crippen molar-refractivity contribution in [1.29, 1.82) is 0 Å². The Balaban J connectivity index is 0.00000213. The summed E-state index contributed by atoms with van der Waals surface area (Å²) >= 11 is 0. The molecule has 0 N–H and O–H groups in total. The van der Waals surface area contributed by atoms with E-state index < -0.39 is 0 Å². The van der Waals surface area contributed by atoms with Crippen molar-refractivity contribution in [2.75, 3.05) is 4.90 Å². The number of anilines is 3. The van der Waals surface area contributed by atoms with E-state index in [-0.39, 0.29) is 16.2 Å². The third-order valence-corrected chi connectivity index (χ3v) is 10.4. The Hall–Kier alpha value is -3.65. The Morgan fingerprint density at radius 1 is 0.723 bits per heavy atom. The monoisotopic (exact) mass is 638 g/mol. The van der Waals surface area contributed by atoms with Crippen molar-refractivity contribution in [3.8, 4) is 11.1 Å². The number of hydrogen-bond donors (Lipinski definition) is 0. The van der Waals surface area contributed by atoms with Gasteiger partial charge in [-0.05, 0) is 96.5 Å². The van der Waals surface area contributed by atoms with Gasteiger partial charge in [-0.15, -0.1) is 9.24 Å². The van der Waals surface area contributed by atoms with E-state index in [0.29, 0.717) is 0 Å². The van der Waals surface area contributed by atoms with Crippen molar-refractivity contribution in [3.05, 3.63) is 138 Å². The molecule has 4 heteroatoms. The lowest BCUT2D eigenvalue weighted by molar-refractivity contribution is 0.0841. The van der Waals surface area contributed by atoms with Gasteiger partial charge in [0.2, 0.25) is 0 Å². The smallest absolute Gasteiger partial charge is 0.330 e. The molecule has 6 rings (SSSR count). The Bertz CT molecular complexity index is 1770. The normalized spacial score (nSPS) is 17.4. The van der Waals surface area contributed by atoms with Crippen molar-refractivity contribution in [1.82, 2.24) is 0 Å². The summed E-state index contributed by atoms with van der Waals surface area (Å²) in [6, 6.07) is 33.5. The van der Waals surface area contributed by atoms with E-state index in [0.717, 1.165) is 35.4 Å². The topological polar surface area (TPSA) is 12.5 Å². The summed E-state index contributed by atoms with van der Waals surface area (Å²) in [5.41, 5.74) is 12.0. The van der Waals surface area contributed by atoms with Crippen LogP contribution in [0.25, 0.3) is 16.7 Å². The highest BCUT2D eigenvalue weighted by Gasteiger charge is 2.36. The summed E-state index contributed by atoms with van der Waals surface area (Å²) in [5.74, 6) is 0. The van der Waals surface area contributed by atoms with E-state index in [4.69, 9.17) is 4.65 Å². The lowest BCUT2D eigenvalue weighted by atomic mass is 9.82. The van der Waals surface area contributed by atoms with Crippen molar-refractivity contribution in [2.24, 2.45) is 0 Å². The number of fused-ring (bicyclic) bond motifs is 3. The number of hydrogen-bond acceptors (Lipinski definition) is 2. The summed E-state index contributed by atoms with van der Waals surface area (Å²) in [4.78, 5) is 2.37. The van der Waals surface area contributed by atoms with Gasteiger partial charge in [-0.3, -0.25) is 0 Å². The van der Waals surface area contributed by atoms with Gasteiger partial charge in [0.05, 0.1) is 5.60 Å². The first kappa shape index (κ1) is 34.7. The van der Waals surface area contributed by atoms with Gasteiger partial charge in [0.25, 0.3) is 0 Å². The Labute approximate surface area is 287 Å². The number of rotatable bonds is 8. The van der Waals surface area contributed by atoms with E-state index >= 15 is 0 Å². The molecule has 0 saturated carbocycles. The van der Waals surface area contributed by atoms with Crippen LogP contribution in [0.1, 0.15) is 84.9 Å². The van der Waals surface area contributed by atoms with E-state index in [1.807, 2.05) is 21.3 Å². The third-order valence-electron chi connectivity index (χ3n) is 9.72. The van der Waals surface area contributed by atoms with Crippen molar-refractivity contribution in [3.63, 3.8) is 0 Å². The maximum Gasteiger partial charge on any atom is 0.330 e. The molecular formula is C43H50BNOP. The fourth-order valence-corrected chi connectivity index (χ4v) is 6.17. The molecule has 0 aliphatic heterocycles. The van der Waals surface area contributed by atoms with Gasteiger partial charge < -0.3 is 9.55 Å². The highest BCUT2D eigenvalue weighted by atomic mass is 31.0. The molecule has 0 saturated heterocycles. The summed E-state index contributed by atoms with van der Waals surface area (Å²) < 4.78 is 6.27. The van der Waals surface area contributed by atoms with Gasteiger partial charge in [-0.25, -0.2) is 0 Å². The molecule has 4 aromatic rings. The fourth-order valence-electron chi connectivity index (χ4n) is 6.10. The van der Waals surface area contributed by atoms with Gasteiger partial charge in [0.15, 0.2) is 0 Å². The lowest BCUT2D eigenvalue weighted by Crippen LogP contribution is -2.45. The summed E-state index contributed by atoms with van der Waals surface area (Å²) in [5, 5.41) is -0.0635. The van der Waals surface area contributed by atoms with Crippen LogP contribution in [0.3, 0.4) is 0 Å². The van der Waals surface area contributed by atoms with E-state index in [1.165, 1.54) is 33.4 Å². The molecule has 0 bridgehead atoms. The minimum atomic E-state index is -0.323. The lowest BCUT2D eigenvalue weighted by Gasteiger charge is -2.39. The van der Waals surface area contributed by atoms with Crippen LogP contribution in [0, 0.1) is 0 Å². The molecule has 0 fully saturated rings. The molecule has 0 spiro atoms. The molecule has 47 heavy (non-hydrogen) atoms. The van der Waals surface area contributed by atoms with Gasteiger partial charge in [-0.1, -0.05) is 132 Å². The zero-order chi connectivity index (χ0) is 33.8. The highest BCUT2D eigenvalue weighted by molar-refractivity contribution is 7.19. The average molecular weight is 639 g/mol. The molecule has 0 heterocycles.